The Bertz CT molecular complexity index is 2460. The van der Waals surface area contributed by atoms with Gasteiger partial charge in [0.25, 0.3) is 0 Å². The molecule has 0 radical (unpaired) electrons. The minimum atomic E-state index is -0.650. The summed E-state index contributed by atoms with van der Waals surface area (Å²) in [7, 11) is 0. The summed E-state index contributed by atoms with van der Waals surface area (Å²) in [5, 5.41) is 6.15. The van der Waals surface area contributed by atoms with Gasteiger partial charge in [-0.15, -0.1) is 0 Å². The second-order valence-corrected chi connectivity index (χ2v) is 21.1. The van der Waals surface area contributed by atoms with Crippen LogP contribution >= 0.6 is 23.5 Å². The number of thioether (sulfide) groups is 2. The maximum atomic E-state index is 14.9. The van der Waals surface area contributed by atoms with Crippen molar-refractivity contribution in [2.75, 3.05) is 23.8 Å². The summed E-state index contributed by atoms with van der Waals surface area (Å²) in [5.74, 6) is -1.30. The molecule has 1 aliphatic rings. The third-order valence-electron chi connectivity index (χ3n) is 13.5. The first-order chi connectivity index (χ1) is 35.1. The molecule has 7 rings (SSSR count). The first-order valence-electron chi connectivity index (χ1n) is 25.9. The number of ether oxygens (including phenoxy) is 2. The highest BCUT2D eigenvalue weighted by Gasteiger charge is 2.58. The minimum absolute atomic E-state index is 0.0918. The van der Waals surface area contributed by atoms with E-state index in [2.05, 4.69) is 24.5 Å². The average Bonchev–Trinajstić information content (AvgIpc) is 3.38. The van der Waals surface area contributed by atoms with E-state index in [0.717, 1.165) is 69.2 Å². The lowest BCUT2D eigenvalue weighted by Crippen LogP contribution is -2.53. The van der Waals surface area contributed by atoms with Gasteiger partial charge in [0, 0.05) is 44.1 Å². The van der Waals surface area contributed by atoms with Gasteiger partial charge in [-0.3, -0.25) is 19.2 Å². The quantitative estimate of drug-likeness (QED) is 0.0408. The Hall–Kier alpha value is -6.10. The lowest BCUT2D eigenvalue weighted by molar-refractivity contribution is -0.134. The molecular weight excluding hydrogens is 933 g/mol. The van der Waals surface area contributed by atoms with Gasteiger partial charge in [0.2, 0.25) is 22.0 Å². The van der Waals surface area contributed by atoms with E-state index in [1.807, 2.05) is 111 Å². The van der Waals surface area contributed by atoms with Gasteiger partial charge >= 0.3 is 0 Å². The van der Waals surface area contributed by atoms with Gasteiger partial charge in [-0.25, -0.2) is 0 Å². The Morgan fingerprint density at radius 2 is 0.750 bits per heavy atom. The van der Waals surface area contributed by atoms with Crippen molar-refractivity contribution in [3.05, 3.63) is 179 Å². The van der Waals surface area contributed by atoms with Crippen LogP contribution in [0.5, 0.6) is 11.5 Å². The van der Waals surface area contributed by atoms with Gasteiger partial charge in [0.1, 0.15) is 11.5 Å². The fraction of sp³-hybridized carbons (Fsp3) is 0.355. The van der Waals surface area contributed by atoms with Crippen LogP contribution in [0.4, 0.5) is 11.4 Å². The highest BCUT2D eigenvalue weighted by atomic mass is 32.2. The number of hydrogen-bond acceptors (Lipinski definition) is 8. The highest BCUT2D eigenvalue weighted by molar-refractivity contribution is 8.14. The molecule has 0 bridgehead atoms. The van der Waals surface area contributed by atoms with Gasteiger partial charge in [-0.05, 0) is 158 Å². The van der Waals surface area contributed by atoms with E-state index in [-0.39, 0.29) is 22.0 Å². The third-order valence-corrected chi connectivity index (χ3v) is 15.3. The van der Waals surface area contributed by atoms with Crippen LogP contribution in [0, 0.1) is 25.7 Å². The number of unbranched alkanes of at least 4 members (excludes halogenated alkanes) is 10. The maximum Gasteiger partial charge on any atom is 0.228 e. The molecule has 0 heterocycles. The van der Waals surface area contributed by atoms with E-state index in [0.29, 0.717) is 35.7 Å². The molecule has 0 spiro atoms. The predicted molar refractivity (Wildman–Crippen MR) is 296 cm³/mol. The number of amides is 2. The third kappa shape index (κ3) is 15.5. The second kappa shape index (κ2) is 27.6. The summed E-state index contributed by atoms with van der Waals surface area (Å²) in [5.41, 5.74) is 6.09. The van der Waals surface area contributed by atoms with Crippen molar-refractivity contribution in [2.45, 2.75) is 126 Å². The molecule has 1 fully saturated rings. The molecular formula is C62H70N2O6S2. The average molecular weight is 1000 g/mol. The lowest BCUT2D eigenvalue weighted by Gasteiger charge is -2.50. The molecule has 8 nitrogen and oxygen atoms in total. The monoisotopic (exact) mass is 1000 g/mol. The van der Waals surface area contributed by atoms with Crippen LogP contribution in [0.25, 0.3) is 0 Å². The summed E-state index contributed by atoms with van der Waals surface area (Å²) >= 11 is 2.33. The molecule has 376 valence electrons. The molecule has 0 unspecified atom stereocenters. The zero-order chi connectivity index (χ0) is 50.7. The zero-order valence-electron chi connectivity index (χ0n) is 42.3. The van der Waals surface area contributed by atoms with Crippen LogP contribution in [-0.2, 0) is 9.59 Å². The van der Waals surface area contributed by atoms with Crippen molar-refractivity contribution >= 4 is 56.9 Å². The van der Waals surface area contributed by atoms with Crippen molar-refractivity contribution in [3.8, 4) is 11.5 Å². The summed E-state index contributed by atoms with van der Waals surface area (Å²) in [4.78, 5) is 58.0. The van der Waals surface area contributed by atoms with Crippen molar-refractivity contribution in [3.63, 3.8) is 0 Å². The van der Waals surface area contributed by atoms with Gasteiger partial charge in [-0.2, -0.15) is 0 Å². The molecule has 10 heteroatoms. The van der Waals surface area contributed by atoms with Crippen LogP contribution in [0.15, 0.2) is 155 Å². The lowest BCUT2D eigenvalue weighted by atomic mass is 9.52. The molecule has 0 aliphatic heterocycles. The Kier molecular flexibility index (Phi) is 20.6. The number of hydrogen-bond donors (Lipinski definition) is 2. The topological polar surface area (TPSA) is 111 Å². The maximum absolute atomic E-state index is 14.9. The molecule has 2 amide bonds. The SMILES string of the molecule is CCCCCCCCOc1ccc(C2C(C(=O)Nc3ccc(C(=O)Sc4ccc(C)cc4)cc3)C(c3ccc(OCCCCCCCC)cc3)C2C(=O)Nc2ccc(C(=O)Sc3ccc(C)cc3)cc2)cc1. The van der Waals surface area contributed by atoms with Crippen LogP contribution in [-0.4, -0.2) is 35.3 Å². The van der Waals surface area contributed by atoms with Gasteiger partial charge in [0.15, 0.2) is 0 Å². The standard InChI is InChI=1S/C62H70N2O6S2/c1-5-7-9-11-13-15-41-69-51-33-25-45(26-34-51)55-57(59(65)63-49-29-21-47(22-30-49)61(67)71-53-37-17-43(3)18-38-53)56(46-27-35-52(36-28-46)70-42-16-14-12-10-8-6-2)58(55)60(66)64-50-31-23-48(24-32-50)62(68)72-54-39-19-44(4)20-40-54/h17-40,55-58H,5-16,41-42H2,1-4H3,(H,63,65)(H,64,66). The Morgan fingerprint density at radius 1 is 0.417 bits per heavy atom. The van der Waals surface area contributed by atoms with Crippen molar-refractivity contribution in [1.29, 1.82) is 0 Å². The van der Waals surface area contributed by atoms with Crippen molar-refractivity contribution < 1.29 is 28.7 Å². The Labute approximate surface area is 435 Å². The fourth-order valence-corrected chi connectivity index (χ4v) is 10.8. The molecule has 2 N–H and O–H groups in total. The first-order valence-corrected chi connectivity index (χ1v) is 27.6. The molecule has 0 saturated heterocycles. The predicted octanol–water partition coefficient (Wildman–Crippen LogP) is 16.0. The number of rotatable bonds is 26. The number of nitrogens with one attached hydrogen (secondary N) is 2. The number of anilines is 2. The fourth-order valence-electron chi connectivity index (χ4n) is 9.32. The number of carbonyl (C=O) groups is 4. The van der Waals surface area contributed by atoms with Crippen molar-refractivity contribution in [2.24, 2.45) is 11.8 Å². The smallest absolute Gasteiger partial charge is 0.228 e. The summed E-state index contributed by atoms with van der Waals surface area (Å²) in [6.07, 6.45) is 14.0. The molecule has 6 aromatic rings. The van der Waals surface area contributed by atoms with E-state index >= 15 is 0 Å². The molecule has 1 saturated carbocycles. The first kappa shape index (κ1) is 53.7. The normalized spacial score (nSPS) is 16.1. The summed E-state index contributed by atoms with van der Waals surface area (Å²) in [6.45, 7) is 9.70. The minimum Gasteiger partial charge on any atom is -0.494 e. The van der Waals surface area contributed by atoms with Crippen LogP contribution in [0.2, 0.25) is 0 Å². The number of benzene rings is 6. The van der Waals surface area contributed by atoms with Crippen LogP contribution < -0.4 is 20.1 Å². The molecule has 1 aliphatic carbocycles. The second-order valence-electron chi connectivity index (χ2n) is 19.0. The van der Waals surface area contributed by atoms with E-state index in [1.165, 1.54) is 74.9 Å². The van der Waals surface area contributed by atoms with Crippen molar-refractivity contribution in [1.82, 2.24) is 0 Å². The van der Waals surface area contributed by atoms with Gasteiger partial charge in [-0.1, -0.05) is 138 Å². The summed E-state index contributed by atoms with van der Waals surface area (Å²) in [6, 6.07) is 45.3. The molecule has 6 aromatic carbocycles. The highest BCUT2D eigenvalue weighted by Crippen LogP contribution is 2.58. The zero-order valence-corrected chi connectivity index (χ0v) is 44.0. The van der Waals surface area contributed by atoms with Gasteiger partial charge in [0.05, 0.1) is 25.0 Å². The Balaban J connectivity index is 1.14. The van der Waals surface area contributed by atoms with Crippen LogP contribution in [0.1, 0.15) is 146 Å². The van der Waals surface area contributed by atoms with E-state index in [4.69, 9.17) is 9.47 Å². The molecule has 0 aromatic heterocycles. The van der Waals surface area contributed by atoms with E-state index in [9.17, 15) is 19.2 Å². The molecule has 72 heavy (non-hydrogen) atoms. The number of aryl methyl sites for hydroxylation is 2. The van der Waals surface area contributed by atoms with E-state index in [1.54, 1.807) is 48.5 Å². The molecule has 0 atom stereocenters. The number of carbonyl (C=O) groups excluding carboxylic acids is 4. The Morgan fingerprint density at radius 3 is 1.10 bits per heavy atom. The van der Waals surface area contributed by atoms with Gasteiger partial charge < -0.3 is 20.1 Å². The largest absolute Gasteiger partial charge is 0.494 e. The van der Waals surface area contributed by atoms with E-state index < -0.39 is 23.7 Å². The van der Waals surface area contributed by atoms with Crippen LogP contribution in [0.3, 0.4) is 0 Å². The summed E-state index contributed by atoms with van der Waals surface area (Å²) < 4.78 is 12.3.